The van der Waals surface area contributed by atoms with Crippen LogP contribution in [-0.2, 0) is 6.54 Å². The van der Waals surface area contributed by atoms with E-state index in [9.17, 15) is 0 Å². The second-order valence-electron chi connectivity index (χ2n) is 4.63. The summed E-state index contributed by atoms with van der Waals surface area (Å²) >= 11 is 12.0. The SMILES string of the molecule is CN=C(NCc1ccc(Cl)cc1Cl)NC1CC1C.I. The van der Waals surface area contributed by atoms with Gasteiger partial charge in [-0.3, -0.25) is 4.99 Å². The number of hydrogen-bond donors (Lipinski definition) is 2. The molecular weight excluding hydrogens is 396 g/mol. The van der Waals surface area contributed by atoms with Gasteiger partial charge in [0, 0.05) is 29.7 Å². The molecule has 6 heteroatoms. The molecule has 106 valence electrons. The molecule has 0 aromatic heterocycles. The summed E-state index contributed by atoms with van der Waals surface area (Å²) in [5.74, 6) is 1.55. The minimum Gasteiger partial charge on any atom is -0.353 e. The van der Waals surface area contributed by atoms with Gasteiger partial charge in [0.05, 0.1) is 0 Å². The zero-order valence-corrected chi connectivity index (χ0v) is 14.8. The fraction of sp³-hybridized carbons (Fsp3) is 0.462. The second kappa shape index (κ2) is 7.55. The molecule has 0 heterocycles. The lowest BCUT2D eigenvalue weighted by Gasteiger charge is -2.12. The molecule has 3 nitrogen and oxygen atoms in total. The van der Waals surface area contributed by atoms with Crippen LogP contribution in [0.5, 0.6) is 0 Å². The smallest absolute Gasteiger partial charge is 0.191 e. The van der Waals surface area contributed by atoms with E-state index in [0.29, 0.717) is 22.6 Å². The minimum absolute atomic E-state index is 0. The quantitative estimate of drug-likeness (QED) is 0.450. The number of guanidine groups is 1. The fourth-order valence-electron chi connectivity index (χ4n) is 1.74. The zero-order valence-electron chi connectivity index (χ0n) is 10.9. The maximum atomic E-state index is 6.11. The Hall–Kier alpha value is -0.200. The van der Waals surface area contributed by atoms with Gasteiger partial charge in [0.2, 0.25) is 0 Å². The van der Waals surface area contributed by atoms with Gasteiger partial charge in [-0.1, -0.05) is 36.2 Å². The maximum Gasteiger partial charge on any atom is 0.191 e. The predicted octanol–water partition coefficient (Wildman–Crippen LogP) is 3.68. The Morgan fingerprint density at radius 2 is 2.11 bits per heavy atom. The van der Waals surface area contributed by atoms with Crippen LogP contribution in [0.4, 0.5) is 0 Å². The van der Waals surface area contributed by atoms with Crippen LogP contribution in [0, 0.1) is 5.92 Å². The highest BCUT2D eigenvalue weighted by molar-refractivity contribution is 14.0. The van der Waals surface area contributed by atoms with E-state index in [4.69, 9.17) is 23.2 Å². The Morgan fingerprint density at radius 1 is 1.42 bits per heavy atom. The van der Waals surface area contributed by atoms with Gasteiger partial charge < -0.3 is 10.6 Å². The Morgan fingerprint density at radius 3 is 2.63 bits per heavy atom. The van der Waals surface area contributed by atoms with Crippen molar-refractivity contribution in [2.75, 3.05) is 7.05 Å². The highest BCUT2D eigenvalue weighted by atomic mass is 127. The molecule has 1 fully saturated rings. The van der Waals surface area contributed by atoms with E-state index in [2.05, 4.69) is 22.5 Å². The van der Waals surface area contributed by atoms with E-state index in [1.807, 2.05) is 12.1 Å². The fourth-order valence-corrected chi connectivity index (χ4v) is 2.21. The van der Waals surface area contributed by atoms with Gasteiger partial charge in [0.1, 0.15) is 0 Å². The molecule has 0 aliphatic heterocycles. The lowest BCUT2D eigenvalue weighted by molar-refractivity contribution is 0.763. The molecule has 0 spiro atoms. The van der Waals surface area contributed by atoms with E-state index in [-0.39, 0.29) is 24.0 Å². The number of nitrogens with zero attached hydrogens (tertiary/aromatic N) is 1. The predicted molar refractivity (Wildman–Crippen MR) is 92.8 cm³/mol. The van der Waals surface area contributed by atoms with Crippen molar-refractivity contribution in [3.05, 3.63) is 33.8 Å². The van der Waals surface area contributed by atoms with Gasteiger partial charge in [-0.05, 0) is 30.0 Å². The van der Waals surface area contributed by atoms with Crippen molar-refractivity contribution in [3.8, 4) is 0 Å². The van der Waals surface area contributed by atoms with Crippen molar-refractivity contribution in [1.29, 1.82) is 0 Å². The van der Waals surface area contributed by atoms with Crippen molar-refractivity contribution in [2.45, 2.75) is 25.9 Å². The second-order valence-corrected chi connectivity index (χ2v) is 5.47. The van der Waals surface area contributed by atoms with Gasteiger partial charge in [0.15, 0.2) is 5.96 Å². The van der Waals surface area contributed by atoms with Crippen LogP contribution in [0.1, 0.15) is 18.9 Å². The van der Waals surface area contributed by atoms with Crippen LogP contribution in [0.25, 0.3) is 0 Å². The average molecular weight is 414 g/mol. The number of benzene rings is 1. The third-order valence-corrected chi connectivity index (χ3v) is 3.70. The lowest BCUT2D eigenvalue weighted by atomic mass is 10.2. The molecule has 0 saturated heterocycles. The van der Waals surface area contributed by atoms with E-state index in [0.717, 1.165) is 17.4 Å². The highest BCUT2D eigenvalue weighted by Gasteiger charge is 2.33. The van der Waals surface area contributed by atoms with Gasteiger partial charge in [0.25, 0.3) is 0 Å². The Kier molecular flexibility index (Phi) is 6.69. The lowest BCUT2D eigenvalue weighted by Crippen LogP contribution is -2.38. The molecule has 1 aromatic carbocycles. The number of rotatable bonds is 3. The first-order valence-corrected chi connectivity index (χ1v) is 6.77. The van der Waals surface area contributed by atoms with E-state index in [1.54, 1.807) is 13.1 Å². The largest absolute Gasteiger partial charge is 0.353 e. The number of hydrogen-bond acceptors (Lipinski definition) is 1. The Balaban J connectivity index is 0.00000180. The summed E-state index contributed by atoms with van der Waals surface area (Å²) in [6.07, 6.45) is 1.21. The van der Waals surface area contributed by atoms with Crippen LogP contribution < -0.4 is 10.6 Å². The summed E-state index contributed by atoms with van der Waals surface area (Å²) < 4.78 is 0. The normalized spacial score (nSPS) is 21.6. The summed E-state index contributed by atoms with van der Waals surface area (Å²) in [4.78, 5) is 4.19. The number of aliphatic imine (C=N–C) groups is 1. The molecule has 2 rings (SSSR count). The van der Waals surface area contributed by atoms with Crippen LogP contribution >= 0.6 is 47.2 Å². The monoisotopic (exact) mass is 413 g/mol. The van der Waals surface area contributed by atoms with Gasteiger partial charge in [-0.2, -0.15) is 0 Å². The van der Waals surface area contributed by atoms with E-state index >= 15 is 0 Å². The van der Waals surface area contributed by atoms with E-state index < -0.39 is 0 Å². The molecule has 0 amide bonds. The van der Waals surface area contributed by atoms with Crippen molar-refractivity contribution >= 4 is 53.1 Å². The molecule has 0 radical (unpaired) electrons. The number of halogens is 3. The van der Waals surface area contributed by atoms with Crippen LogP contribution in [-0.4, -0.2) is 19.0 Å². The summed E-state index contributed by atoms with van der Waals surface area (Å²) in [6.45, 7) is 2.86. The topological polar surface area (TPSA) is 36.4 Å². The average Bonchev–Trinajstić information content (AvgIpc) is 3.02. The number of nitrogens with one attached hydrogen (secondary N) is 2. The molecule has 1 aliphatic carbocycles. The highest BCUT2D eigenvalue weighted by Crippen LogP contribution is 2.28. The molecule has 0 bridgehead atoms. The van der Waals surface area contributed by atoms with Crippen molar-refractivity contribution in [2.24, 2.45) is 10.9 Å². The van der Waals surface area contributed by atoms with E-state index in [1.165, 1.54) is 6.42 Å². The molecule has 2 atom stereocenters. The molecule has 19 heavy (non-hydrogen) atoms. The first-order chi connectivity index (χ1) is 8.60. The zero-order chi connectivity index (χ0) is 13.1. The van der Waals surface area contributed by atoms with Gasteiger partial charge >= 0.3 is 0 Å². The van der Waals surface area contributed by atoms with Crippen molar-refractivity contribution < 1.29 is 0 Å². The molecule has 2 unspecified atom stereocenters. The van der Waals surface area contributed by atoms with Crippen LogP contribution in [0.15, 0.2) is 23.2 Å². The summed E-state index contributed by atoms with van der Waals surface area (Å²) in [7, 11) is 1.77. The third-order valence-electron chi connectivity index (χ3n) is 3.12. The van der Waals surface area contributed by atoms with Gasteiger partial charge in [-0.15, -0.1) is 24.0 Å². The minimum atomic E-state index is 0. The molecule has 1 saturated carbocycles. The molecule has 1 aliphatic rings. The summed E-state index contributed by atoms with van der Waals surface area (Å²) in [6, 6.07) is 6.06. The molecule has 2 N–H and O–H groups in total. The summed E-state index contributed by atoms with van der Waals surface area (Å²) in [5.41, 5.74) is 1.01. The van der Waals surface area contributed by atoms with Crippen LogP contribution in [0.2, 0.25) is 10.0 Å². The van der Waals surface area contributed by atoms with Gasteiger partial charge in [-0.25, -0.2) is 0 Å². The third kappa shape index (κ3) is 5.00. The molecule has 1 aromatic rings. The standard InChI is InChI=1S/C13H17Cl2N3.HI/c1-8-5-12(8)18-13(16-2)17-7-9-3-4-10(14)6-11(9)15;/h3-4,6,8,12H,5,7H2,1-2H3,(H2,16,17,18);1H. The Bertz CT molecular complexity index is 465. The maximum absolute atomic E-state index is 6.11. The first-order valence-electron chi connectivity index (χ1n) is 6.01. The Labute approximate surface area is 141 Å². The molecular formula is C13H18Cl2IN3. The summed E-state index contributed by atoms with van der Waals surface area (Å²) in [5, 5.41) is 7.93. The van der Waals surface area contributed by atoms with Crippen LogP contribution in [0.3, 0.4) is 0 Å². The van der Waals surface area contributed by atoms with Crippen molar-refractivity contribution in [1.82, 2.24) is 10.6 Å². The van der Waals surface area contributed by atoms with Crippen molar-refractivity contribution in [3.63, 3.8) is 0 Å². The first kappa shape index (κ1) is 16.9.